The maximum absolute atomic E-state index is 13.5. The summed E-state index contributed by atoms with van der Waals surface area (Å²) >= 11 is 6.11. The van der Waals surface area contributed by atoms with Crippen molar-refractivity contribution in [2.45, 2.75) is 26.3 Å². The van der Waals surface area contributed by atoms with E-state index in [0.717, 1.165) is 6.42 Å². The minimum atomic E-state index is -0.453. The number of nitrogens with zero attached hydrogens (tertiary/aromatic N) is 3. The van der Waals surface area contributed by atoms with E-state index in [-0.39, 0.29) is 11.5 Å². The van der Waals surface area contributed by atoms with Crippen molar-refractivity contribution < 1.29 is 14.3 Å². The van der Waals surface area contributed by atoms with E-state index in [1.54, 1.807) is 48.3 Å². The van der Waals surface area contributed by atoms with Gasteiger partial charge in [-0.2, -0.15) is 0 Å². The predicted octanol–water partition coefficient (Wildman–Crippen LogP) is 4.22. The molecule has 1 amide bonds. The quantitative estimate of drug-likeness (QED) is 0.546. The molecule has 0 saturated carbocycles. The van der Waals surface area contributed by atoms with Gasteiger partial charge in [-0.05, 0) is 43.7 Å². The number of carbonyl (C=O) groups is 1. The third-order valence-electron chi connectivity index (χ3n) is 5.24. The number of carbonyl (C=O) groups excluding carboxylic acids is 1. The molecule has 0 aliphatic carbocycles. The molecular formula is C23H26ClN3O4. The van der Waals surface area contributed by atoms with Crippen LogP contribution in [0.15, 0.2) is 41.2 Å². The van der Waals surface area contributed by atoms with E-state index in [0.29, 0.717) is 45.4 Å². The summed E-state index contributed by atoms with van der Waals surface area (Å²) in [6.07, 6.45) is 0.741. The van der Waals surface area contributed by atoms with E-state index >= 15 is 0 Å². The lowest BCUT2D eigenvalue weighted by atomic mass is 10.1. The van der Waals surface area contributed by atoms with Gasteiger partial charge in [-0.25, -0.2) is 4.98 Å². The normalized spacial score (nSPS) is 11.9. The molecule has 3 aromatic rings. The molecule has 2 aromatic carbocycles. The number of hydrogen-bond donors (Lipinski definition) is 0. The summed E-state index contributed by atoms with van der Waals surface area (Å²) in [5.74, 6) is 1.33. The summed E-state index contributed by atoms with van der Waals surface area (Å²) < 4.78 is 12.1. The van der Waals surface area contributed by atoms with Crippen LogP contribution in [0.3, 0.4) is 0 Å². The first-order valence-electron chi connectivity index (χ1n) is 10.0. The van der Waals surface area contributed by atoms with Crippen molar-refractivity contribution in [3.05, 3.63) is 63.2 Å². The van der Waals surface area contributed by atoms with E-state index in [1.807, 2.05) is 13.8 Å². The van der Waals surface area contributed by atoms with Gasteiger partial charge in [0.2, 0.25) is 0 Å². The Morgan fingerprint density at radius 1 is 1.16 bits per heavy atom. The molecule has 1 unspecified atom stereocenters. The predicted molar refractivity (Wildman–Crippen MR) is 121 cm³/mol. The van der Waals surface area contributed by atoms with E-state index in [2.05, 4.69) is 4.98 Å². The van der Waals surface area contributed by atoms with Crippen LogP contribution >= 0.6 is 11.6 Å². The van der Waals surface area contributed by atoms with Crippen LogP contribution in [-0.2, 0) is 7.05 Å². The fraction of sp³-hybridized carbons (Fsp3) is 0.348. The van der Waals surface area contributed by atoms with Crippen LogP contribution < -0.4 is 15.0 Å². The lowest BCUT2D eigenvalue weighted by Gasteiger charge is -2.30. The van der Waals surface area contributed by atoms with Gasteiger partial charge in [0.05, 0.1) is 31.2 Å². The zero-order valence-corrected chi connectivity index (χ0v) is 19.1. The van der Waals surface area contributed by atoms with Gasteiger partial charge in [0.25, 0.3) is 11.5 Å². The molecule has 0 saturated heterocycles. The molecule has 0 aliphatic heterocycles. The van der Waals surface area contributed by atoms with Gasteiger partial charge in [-0.3, -0.25) is 14.2 Å². The molecule has 1 heterocycles. The van der Waals surface area contributed by atoms with Crippen LogP contribution in [0.2, 0.25) is 5.02 Å². The fourth-order valence-electron chi connectivity index (χ4n) is 3.58. The third kappa shape index (κ3) is 4.51. The monoisotopic (exact) mass is 443 g/mol. The number of amides is 1. The number of methoxy groups -OCH3 is 2. The lowest BCUT2D eigenvalue weighted by molar-refractivity contribution is 0.0679. The minimum absolute atomic E-state index is 0.185. The Balaban J connectivity index is 2.09. The average Bonchev–Trinajstić information content (AvgIpc) is 2.78. The van der Waals surface area contributed by atoms with Crippen molar-refractivity contribution in [3.63, 3.8) is 0 Å². The average molecular weight is 444 g/mol. The van der Waals surface area contributed by atoms with Crippen LogP contribution in [0, 0.1) is 0 Å². The van der Waals surface area contributed by atoms with Gasteiger partial charge in [0, 0.05) is 30.2 Å². The molecule has 0 radical (unpaired) electrons. The largest absolute Gasteiger partial charge is 0.497 e. The van der Waals surface area contributed by atoms with Crippen LogP contribution in [0.4, 0.5) is 0 Å². The Morgan fingerprint density at radius 3 is 2.39 bits per heavy atom. The Hall–Kier alpha value is -3.06. The summed E-state index contributed by atoms with van der Waals surface area (Å²) in [6, 6.07) is 9.60. The lowest BCUT2D eigenvalue weighted by Crippen LogP contribution is -2.37. The third-order valence-corrected chi connectivity index (χ3v) is 5.47. The Morgan fingerprint density at radius 2 is 1.81 bits per heavy atom. The maximum atomic E-state index is 13.5. The Kier molecular flexibility index (Phi) is 6.85. The summed E-state index contributed by atoms with van der Waals surface area (Å²) in [7, 11) is 4.74. The summed E-state index contributed by atoms with van der Waals surface area (Å²) in [4.78, 5) is 32.8. The first-order valence-corrected chi connectivity index (χ1v) is 10.4. The van der Waals surface area contributed by atoms with Crippen molar-refractivity contribution in [3.8, 4) is 11.5 Å². The number of aromatic nitrogens is 2. The molecule has 3 rings (SSSR count). The molecule has 164 valence electrons. The van der Waals surface area contributed by atoms with Gasteiger partial charge in [-0.15, -0.1) is 0 Å². The number of halogens is 1. The summed E-state index contributed by atoms with van der Waals surface area (Å²) in [5.41, 5.74) is 0.755. The van der Waals surface area contributed by atoms with Crippen LogP contribution in [0.25, 0.3) is 10.9 Å². The second kappa shape index (κ2) is 9.39. The standard InChI is InChI=1S/C23H26ClN3O4/c1-6-9-27(22(28)15-10-17(30-4)13-18(11-15)31-5)14(2)21-25-20-12-16(24)7-8-19(20)23(29)26(21)3/h7-8,10-14H,6,9H2,1-5H3. The number of fused-ring (bicyclic) bond motifs is 1. The van der Waals surface area contributed by atoms with Crippen molar-refractivity contribution in [1.82, 2.24) is 14.5 Å². The zero-order valence-electron chi connectivity index (χ0n) is 18.3. The van der Waals surface area contributed by atoms with Gasteiger partial charge in [0.15, 0.2) is 0 Å². The molecule has 0 bridgehead atoms. The molecule has 0 fully saturated rings. The van der Waals surface area contributed by atoms with Crippen molar-refractivity contribution in [2.75, 3.05) is 20.8 Å². The van der Waals surface area contributed by atoms with Gasteiger partial charge in [-0.1, -0.05) is 18.5 Å². The van der Waals surface area contributed by atoms with Crippen molar-refractivity contribution in [1.29, 1.82) is 0 Å². The smallest absolute Gasteiger partial charge is 0.261 e. The Bertz CT molecular complexity index is 1150. The van der Waals surface area contributed by atoms with Crippen molar-refractivity contribution in [2.24, 2.45) is 7.05 Å². The van der Waals surface area contributed by atoms with E-state index in [4.69, 9.17) is 21.1 Å². The molecule has 1 atom stereocenters. The highest BCUT2D eigenvalue weighted by Gasteiger charge is 2.26. The molecule has 7 nitrogen and oxygen atoms in total. The van der Waals surface area contributed by atoms with Crippen LogP contribution in [0.1, 0.15) is 42.5 Å². The number of rotatable bonds is 7. The molecule has 0 spiro atoms. The maximum Gasteiger partial charge on any atom is 0.261 e. The number of hydrogen-bond acceptors (Lipinski definition) is 5. The SMILES string of the molecule is CCCN(C(=O)c1cc(OC)cc(OC)c1)C(C)c1nc2cc(Cl)ccc2c(=O)n1C. The van der Waals surface area contributed by atoms with Gasteiger partial charge in [0.1, 0.15) is 17.3 Å². The second-order valence-electron chi connectivity index (χ2n) is 7.27. The van der Waals surface area contributed by atoms with E-state index in [9.17, 15) is 9.59 Å². The molecule has 0 N–H and O–H groups in total. The van der Waals surface area contributed by atoms with Crippen LogP contribution in [0.5, 0.6) is 11.5 Å². The molecular weight excluding hydrogens is 418 g/mol. The highest BCUT2D eigenvalue weighted by Crippen LogP contribution is 2.27. The zero-order chi connectivity index (χ0) is 22.7. The first-order chi connectivity index (χ1) is 14.8. The number of benzene rings is 2. The first kappa shape index (κ1) is 22.6. The molecule has 8 heteroatoms. The topological polar surface area (TPSA) is 73.7 Å². The Labute approximate surface area is 186 Å². The van der Waals surface area contributed by atoms with E-state index < -0.39 is 6.04 Å². The molecule has 31 heavy (non-hydrogen) atoms. The second-order valence-corrected chi connectivity index (χ2v) is 7.71. The summed E-state index contributed by atoms with van der Waals surface area (Å²) in [6.45, 7) is 4.35. The van der Waals surface area contributed by atoms with Crippen molar-refractivity contribution >= 4 is 28.4 Å². The molecule has 0 aliphatic rings. The fourth-order valence-corrected chi connectivity index (χ4v) is 3.75. The van der Waals surface area contributed by atoms with Crippen LogP contribution in [-0.4, -0.2) is 41.1 Å². The molecule has 1 aromatic heterocycles. The van der Waals surface area contributed by atoms with Gasteiger partial charge >= 0.3 is 0 Å². The van der Waals surface area contributed by atoms with E-state index in [1.165, 1.54) is 18.8 Å². The summed E-state index contributed by atoms with van der Waals surface area (Å²) in [5, 5.41) is 0.977. The number of ether oxygens (including phenoxy) is 2. The minimum Gasteiger partial charge on any atom is -0.497 e. The highest BCUT2D eigenvalue weighted by molar-refractivity contribution is 6.31. The van der Waals surface area contributed by atoms with Gasteiger partial charge < -0.3 is 14.4 Å². The highest BCUT2D eigenvalue weighted by atomic mass is 35.5.